The fourth-order valence-electron chi connectivity index (χ4n) is 2.01. The smallest absolute Gasteiger partial charge is 0.0664 e. The number of hydrogen-bond donors (Lipinski definition) is 0. The molecule has 0 amide bonds. The normalized spacial score (nSPS) is 11.4. The van der Waals surface area contributed by atoms with E-state index in [1.807, 2.05) is 35.0 Å². The van der Waals surface area contributed by atoms with Crippen LogP contribution in [0.5, 0.6) is 0 Å². The summed E-state index contributed by atoms with van der Waals surface area (Å²) in [5.41, 5.74) is 4.78. The minimum absolute atomic E-state index is 1.13. The van der Waals surface area contributed by atoms with Gasteiger partial charge >= 0.3 is 0 Å². The van der Waals surface area contributed by atoms with Gasteiger partial charge in [-0.1, -0.05) is 42.5 Å². The third kappa shape index (κ3) is 2.05. The number of nitrogens with zero attached hydrogens (tertiary/aromatic N) is 2. The van der Waals surface area contributed by atoms with Gasteiger partial charge in [0.2, 0.25) is 0 Å². The van der Waals surface area contributed by atoms with Crippen LogP contribution in [-0.4, -0.2) is 9.61 Å². The van der Waals surface area contributed by atoms with Gasteiger partial charge in [0, 0.05) is 12.4 Å². The van der Waals surface area contributed by atoms with Gasteiger partial charge in [-0.3, -0.25) is 0 Å². The fraction of sp³-hybridized carbons (Fsp3) is 0.0625. The van der Waals surface area contributed by atoms with Gasteiger partial charge in [0.25, 0.3) is 0 Å². The topological polar surface area (TPSA) is 17.3 Å². The van der Waals surface area contributed by atoms with Gasteiger partial charge in [-0.15, -0.1) is 0 Å². The predicted octanol–water partition coefficient (Wildman–Crippen LogP) is 3.81. The van der Waals surface area contributed by atoms with Crippen molar-refractivity contribution in [3.63, 3.8) is 0 Å². The van der Waals surface area contributed by atoms with E-state index in [1.165, 1.54) is 16.7 Å². The molecule has 3 aromatic rings. The van der Waals surface area contributed by atoms with Crippen molar-refractivity contribution in [3.8, 4) is 0 Å². The van der Waals surface area contributed by atoms with E-state index in [0.29, 0.717) is 0 Å². The van der Waals surface area contributed by atoms with Crippen LogP contribution in [-0.2, 0) is 0 Å². The van der Waals surface area contributed by atoms with Gasteiger partial charge in [-0.05, 0) is 35.7 Å². The second kappa shape index (κ2) is 4.49. The summed E-state index contributed by atoms with van der Waals surface area (Å²) in [6.07, 6.45) is 8.13. The van der Waals surface area contributed by atoms with Crippen molar-refractivity contribution >= 4 is 17.7 Å². The molecule has 0 fully saturated rings. The molecule has 0 saturated heterocycles. The first kappa shape index (κ1) is 10.8. The summed E-state index contributed by atoms with van der Waals surface area (Å²) in [4.78, 5) is 0. The predicted molar refractivity (Wildman–Crippen MR) is 75.3 cm³/mol. The first-order valence-electron chi connectivity index (χ1n) is 6.00. The van der Waals surface area contributed by atoms with Gasteiger partial charge in [0.15, 0.2) is 0 Å². The Labute approximate surface area is 106 Å². The number of hydrogen-bond acceptors (Lipinski definition) is 1. The lowest BCUT2D eigenvalue weighted by atomic mass is 10.1. The molecule has 88 valence electrons. The van der Waals surface area contributed by atoms with E-state index in [0.717, 1.165) is 5.52 Å². The van der Waals surface area contributed by atoms with E-state index in [-0.39, 0.29) is 0 Å². The number of aryl methyl sites for hydroxylation is 1. The minimum atomic E-state index is 1.13. The molecule has 0 aliphatic rings. The van der Waals surface area contributed by atoms with Crippen molar-refractivity contribution in [2.24, 2.45) is 0 Å². The quantitative estimate of drug-likeness (QED) is 0.659. The number of rotatable bonds is 2. The summed E-state index contributed by atoms with van der Waals surface area (Å²) in [5.74, 6) is 0. The Morgan fingerprint density at radius 2 is 1.89 bits per heavy atom. The van der Waals surface area contributed by atoms with E-state index >= 15 is 0 Å². The molecular weight excluding hydrogens is 220 g/mol. The number of benzene rings is 1. The molecular formula is C16H14N2. The fourth-order valence-corrected chi connectivity index (χ4v) is 2.01. The van der Waals surface area contributed by atoms with Crippen molar-refractivity contribution < 1.29 is 0 Å². The van der Waals surface area contributed by atoms with Gasteiger partial charge in [0.1, 0.15) is 0 Å². The van der Waals surface area contributed by atoms with Crippen LogP contribution in [0.25, 0.3) is 17.7 Å². The van der Waals surface area contributed by atoms with Gasteiger partial charge < -0.3 is 0 Å². The highest BCUT2D eigenvalue weighted by atomic mass is 15.2. The zero-order chi connectivity index (χ0) is 12.4. The number of aromatic nitrogens is 2. The third-order valence-corrected chi connectivity index (χ3v) is 3.04. The van der Waals surface area contributed by atoms with Crippen LogP contribution in [0.4, 0.5) is 0 Å². The lowest BCUT2D eigenvalue weighted by Crippen LogP contribution is -1.90. The van der Waals surface area contributed by atoms with Crippen molar-refractivity contribution in [1.29, 1.82) is 0 Å². The minimum Gasteiger partial charge on any atom is -0.240 e. The number of pyridine rings is 1. The molecule has 0 aliphatic heterocycles. The molecule has 0 N–H and O–H groups in total. The Morgan fingerprint density at radius 1 is 1.06 bits per heavy atom. The maximum atomic E-state index is 4.26. The Hall–Kier alpha value is -2.35. The highest BCUT2D eigenvalue weighted by Crippen LogP contribution is 2.15. The van der Waals surface area contributed by atoms with Crippen LogP contribution in [0.15, 0.2) is 54.9 Å². The lowest BCUT2D eigenvalue weighted by Gasteiger charge is -2.02. The van der Waals surface area contributed by atoms with Crippen LogP contribution in [0, 0.1) is 6.92 Å². The Kier molecular flexibility index (Phi) is 2.69. The van der Waals surface area contributed by atoms with Crippen LogP contribution < -0.4 is 0 Å². The van der Waals surface area contributed by atoms with E-state index in [2.05, 4.69) is 48.6 Å². The molecule has 0 bridgehead atoms. The average Bonchev–Trinajstić information content (AvgIpc) is 2.84. The SMILES string of the molecule is Cc1cc2ccnn2cc1/C=C/c1ccccc1. The maximum absolute atomic E-state index is 4.26. The van der Waals surface area contributed by atoms with Crippen LogP contribution >= 0.6 is 0 Å². The van der Waals surface area contributed by atoms with Crippen LogP contribution in [0.1, 0.15) is 16.7 Å². The summed E-state index contributed by atoms with van der Waals surface area (Å²) >= 11 is 0. The highest BCUT2D eigenvalue weighted by Gasteiger charge is 1.99. The molecule has 2 heteroatoms. The first-order valence-corrected chi connectivity index (χ1v) is 6.00. The summed E-state index contributed by atoms with van der Waals surface area (Å²) in [7, 11) is 0. The second-order valence-electron chi connectivity index (χ2n) is 4.36. The van der Waals surface area contributed by atoms with Gasteiger partial charge in [-0.2, -0.15) is 5.10 Å². The Bertz CT molecular complexity index is 693. The van der Waals surface area contributed by atoms with E-state index < -0.39 is 0 Å². The van der Waals surface area contributed by atoms with E-state index in [1.54, 1.807) is 0 Å². The summed E-state index contributed by atoms with van der Waals surface area (Å²) in [6, 6.07) is 14.5. The molecule has 1 aromatic carbocycles. The van der Waals surface area contributed by atoms with E-state index in [9.17, 15) is 0 Å². The van der Waals surface area contributed by atoms with Crippen molar-refractivity contribution in [2.45, 2.75) is 6.92 Å². The largest absolute Gasteiger partial charge is 0.240 e. The monoisotopic (exact) mass is 234 g/mol. The second-order valence-corrected chi connectivity index (χ2v) is 4.36. The van der Waals surface area contributed by atoms with E-state index in [4.69, 9.17) is 0 Å². The Balaban J connectivity index is 1.99. The van der Waals surface area contributed by atoms with Crippen molar-refractivity contribution in [1.82, 2.24) is 9.61 Å². The third-order valence-electron chi connectivity index (χ3n) is 3.04. The molecule has 0 atom stereocenters. The summed E-state index contributed by atoms with van der Waals surface area (Å²) in [5, 5.41) is 4.26. The molecule has 2 nitrogen and oxygen atoms in total. The molecule has 2 aromatic heterocycles. The molecule has 3 rings (SSSR count). The van der Waals surface area contributed by atoms with Gasteiger partial charge in [-0.25, -0.2) is 4.52 Å². The molecule has 0 spiro atoms. The average molecular weight is 234 g/mol. The van der Waals surface area contributed by atoms with Crippen LogP contribution in [0.2, 0.25) is 0 Å². The first-order chi connectivity index (χ1) is 8.83. The molecule has 2 heterocycles. The standard InChI is InChI=1S/C16H14N2/c1-13-11-16-9-10-17-18(16)12-15(13)8-7-14-5-3-2-4-6-14/h2-12H,1H3/b8-7+. The number of fused-ring (bicyclic) bond motifs is 1. The summed E-state index contributed by atoms with van der Waals surface area (Å²) < 4.78 is 1.90. The zero-order valence-electron chi connectivity index (χ0n) is 10.2. The van der Waals surface area contributed by atoms with Crippen LogP contribution in [0.3, 0.4) is 0 Å². The van der Waals surface area contributed by atoms with Crippen molar-refractivity contribution in [2.75, 3.05) is 0 Å². The Morgan fingerprint density at radius 3 is 2.72 bits per heavy atom. The zero-order valence-corrected chi connectivity index (χ0v) is 10.2. The molecule has 0 unspecified atom stereocenters. The van der Waals surface area contributed by atoms with Gasteiger partial charge in [0.05, 0.1) is 5.52 Å². The molecule has 0 aliphatic carbocycles. The van der Waals surface area contributed by atoms with Crippen molar-refractivity contribution in [3.05, 3.63) is 71.5 Å². The maximum Gasteiger partial charge on any atom is 0.0664 e. The molecule has 0 radical (unpaired) electrons. The molecule has 0 saturated carbocycles. The lowest BCUT2D eigenvalue weighted by molar-refractivity contribution is 0.955. The molecule has 18 heavy (non-hydrogen) atoms. The summed E-state index contributed by atoms with van der Waals surface area (Å²) in [6.45, 7) is 2.12. The highest BCUT2D eigenvalue weighted by molar-refractivity contribution is 5.71.